The van der Waals surface area contributed by atoms with Gasteiger partial charge >= 0.3 is 0 Å². The van der Waals surface area contributed by atoms with E-state index < -0.39 is 0 Å². The van der Waals surface area contributed by atoms with Crippen molar-refractivity contribution in [2.75, 3.05) is 0 Å². The molecule has 0 amide bonds. The first-order chi connectivity index (χ1) is 4.84. The molecular formula is C6H4N3O. The van der Waals surface area contributed by atoms with Crippen molar-refractivity contribution in [2.45, 2.75) is 0 Å². The Kier molecular flexibility index (Phi) is 1.78. The molecule has 0 spiro atoms. The van der Waals surface area contributed by atoms with Crippen molar-refractivity contribution >= 4 is 5.69 Å². The van der Waals surface area contributed by atoms with Crippen LogP contribution in [0, 0.1) is 0 Å². The molecule has 1 rings (SSSR count). The molecule has 0 saturated carbocycles. The second-order valence-corrected chi connectivity index (χ2v) is 1.66. The Morgan fingerprint density at radius 1 is 1.40 bits per heavy atom. The van der Waals surface area contributed by atoms with Crippen LogP contribution in [-0.2, 0) is 5.11 Å². The van der Waals surface area contributed by atoms with E-state index in [0.717, 1.165) is 0 Å². The number of para-hydroxylation sites is 1. The Morgan fingerprint density at radius 2 is 2.10 bits per heavy atom. The molecule has 4 heteroatoms. The second-order valence-electron chi connectivity index (χ2n) is 1.66. The molecule has 1 aromatic carbocycles. The monoisotopic (exact) mass is 134 g/mol. The minimum atomic E-state index is -0.250. The van der Waals surface area contributed by atoms with Gasteiger partial charge in [-0.05, 0) is 17.7 Å². The largest absolute Gasteiger partial charge is 0.289 e. The average Bonchev–Trinajstić information content (AvgIpc) is 1.94. The van der Waals surface area contributed by atoms with E-state index in [2.05, 4.69) is 10.0 Å². The molecule has 0 bridgehead atoms. The summed E-state index contributed by atoms with van der Waals surface area (Å²) in [6, 6.07) is 6.07. The van der Waals surface area contributed by atoms with Gasteiger partial charge in [-0.15, -0.1) is 0 Å². The van der Waals surface area contributed by atoms with Crippen LogP contribution in [-0.4, -0.2) is 0 Å². The molecule has 0 aliphatic heterocycles. The third-order valence-electron chi connectivity index (χ3n) is 1.02. The topological polar surface area (TPSA) is 68.7 Å². The lowest BCUT2D eigenvalue weighted by atomic mass is 10.3. The van der Waals surface area contributed by atoms with Crippen molar-refractivity contribution in [3.8, 4) is 5.75 Å². The summed E-state index contributed by atoms with van der Waals surface area (Å²) in [7, 11) is 0. The molecule has 10 heavy (non-hydrogen) atoms. The zero-order chi connectivity index (χ0) is 7.40. The molecule has 1 aromatic rings. The highest BCUT2D eigenvalue weighted by Crippen LogP contribution is 2.25. The van der Waals surface area contributed by atoms with Gasteiger partial charge in [0.1, 0.15) is 0 Å². The van der Waals surface area contributed by atoms with Gasteiger partial charge in [-0.2, -0.15) is 0 Å². The van der Waals surface area contributed by atoms with Crippen molar-refractivity contribution < 1.29 is 5.11 Å². The Morgan fingerprint density at radius 3 is 2.70 bits per heavy atom. The Labute approximate surface area is 57.4 Å². The third kappa shape index (κ3) is 1.18. The molecule has 0 atom stereocenters. The standard InChI is InChI=1S/C6H4N3O/c7-9-8-5-3-1-2-4-6(5)10/h1-4H. The lowest BCUT2D eigenvalue weighted by molar-refractivity contribution is 0.356. The number of nitrogens with zero attached hydrogens (tertiary/aromatic N) is 3. The molecule has 0 aromatic heterocycles. The predicted molar refractivity (Wildman–Crippen MR) is 35.4 cm³/mol. The summed E-state index contributed by atoms with van der Waals surface area (Å²) < 4.78 is 0. The van der Waals surface area contributed by atoms with E-state index in [1.54, 1.807) is 12.1 Å². The summed E-state index contributed by atoms with van der Waals surface area (Å²) in [6.07, 6.45) is 0. The number of azide groups is 1. The Balaban J connectivity index is 3.14. The van der Waals surface area contributed by atoms with Crippen LogP contribution in [0.4, 0.5) is 5.69 Å². The third-order valence-corrected chi connectivity index (χ3v) is 1.02. The van der Waals surface area contributed by atoms with Crippen LogP contribution >= 0.6 is 0 Å². The lowest BCUT2D eigenvalue weighted by Gasteiger charge is -1.88. The maximum absolute atomic E-state index is 10.7. The minimum absolute atomic E-state index is 0.144. The highest BCUT2D eigenvalue weighted by Gasteiger charge is 1.95. The summed E-state index contributed by atoms with van der Waals surface area (Å²) in [5.41, 5.74) is 8.11. The van der Waals surface area contributed by atoms with E-state index in [1.165, 1.54) is 12.1 Å². The first-order valence-corrected chi connectivity index (χ1v) is 2.66. The van der Waals surface area contributed by atoms with Gasteiger partial charge in [0.2, 0.25) is 0 Å². The summed E-state index contributed by atoms with van der Waals surface area (Å²) in [6.45, 7) is 0. The highest BCUT2D eigenvalue weighted by molar-refractivity contribution is 5.49. The molecule has 4 nitrogen and oxygen atoms in total. The molecule has 0 saturated heterocycles. The highest BCUT2D eigenvalue weighted by atomic mass is 16.3. The molecule has 0 N–H and O–H groups in total. The van der Waals surface area contributed by atoms with Gasteiger partial charge in [-0.1, -0.05) is 17.2 Å². The van der Waals surface area contributed by atoms with Gasteiger partial charge in [-0.3, -0.25) is 5.11 Å². The van der Waals surface area contributed by atoms with Crippen molar-refractivity contribution in [2.24, 2.45) is 5.11 Å². The minimum Gasteiger partial charge on any atom is -0.289 e. The van der Waals surface area contributed by atoms with E-state index in [0.29, 0.717) is 0 Å². The average molecular weight is 134 g/mol. The molecule has 1 radical (unpaired) electrons. The van der Waals surface area contributed by atoms with Crippen LogP contribution in [0.15, 0.2) is 29.4 Å². The quantitative estimate of drug-likeness (QED) is 0.322. The van der Waals surface area contributed by atoms with Crippen molar-refractivity contribution in [3.63, 3.8) is 0 Å². The van der Waals surface area contributed by atoms with Gasteiger partial charge in [0.25, 0.3) is 0 Å². The molecule has 0 unspecified atom stereocenters. The van der Waals surface area contributed by atoms with Gasteiger partial charge in [0.05, 0.1) is 5.69 Å². The predicted octanol–water partition coefficient (Wildman–Crippen LogP) is 2.77. The van der Waals surface area contributed by atoms with Gasteiger partial charge in [-0.25, -0.2) is 0 Å². The summed E-state index contributed by atoms with van der Waals surface area (Å²) >= 11 is 0. The SMILES string of the molecule is [N-]=[N+]=Nc1ccccc1[O]. The second kappa shape index (κ2) is 2.75. The van der Waals surface area contributed by atoms with Crippen LogP contribution in [0.5, 0.6) is 5.75 Å². The molecule has 0 aliphatic rings. The van der Waals surface area contributed by atoms with E-state index in [1.807, 2.05) is 0 Å². The fourth-order valence-corrected chi connectivity index (χ4v) is 0.588. The molecule has 49 valence electrons. The van der Waals surface area contributed by atoms with E-state index in [-0.39, 0.29) is 11.4 Å². The van der Waals surface area contributed by atoms with Crippen LogP contribution in [0.3, 0.4) is 0 Å². The van der Waals surface area contributed by atoms with Gasteiger partial charge in [0, 0.05) is 4.91 Å². The zero-order valence-corrected chi connectivity index (χ0v) is 5.06. The number of rotatable bonds is 1. The molecule has 0 fully saturated rings. The van der Waals surface area contributed by atoms with E-state index in [4.69, 9.17) is 5.53 Å². The first kappa shape index (κ1) is 6.45. The number of benzene rings is 1. The fraction of sp³-hybridized carbons (Fsp3) is 0. The number of hydrogen-bond donors (Lipinski definition) is 0. The zero-order valence-electron chi connectivity index (χ0n) is 5.06. The smallest absolute Gasteiger partial charge is 0.188 e. The van der Waals surface area contributed by atoms with Crippen LogP contribution < -0.4 is 0 Å². The molecule has 0 heterocycles. The Hall–Kier alpha value is -1.67. The van der Waals surface area contributed by atoms with Crippen molar-refractivity contribution in [1.82, 2.24) is 0 Å². The van der Waals surface area contributed by atoms with Crippen LogP contribution in [0.2, 0.25) is 0 Å². The fourth-order valence-electron chi connectivity index (χ4n) is 0.588. The molecular weight excluding hydrogens is 130 g/mol. The maximum atomic E-state index is 10.7. The van der Waals surface area contributed by atoms with Gasteiger partial charge < -0.3 is 0 Å². The summed E-state index contributed by atoms with van der Waals surface area (Å²) in [5, 5.41) is 13.9. The lowest BCUT2D eigenvalue weighted by Crippen LogP contribution is -1.61. The van der Waals surface area contributed by atoms with E-state index in [9.17, 15) is 5.11 Å². The van der Waals surface area contributed by atoms with Crippen LogP contribution in [0.25, 0.3) is 10.4 Å². The first-order valence-electron chi connectivity index (χ1n) is 2.66. The number of hydrogen-bond acceptors (Lipinski definition) is 1. The van der Waals surface area contributed by atoms with Gasteiger partial charge in [0.15, 0.2) is 5.75 Å². The van der Waals surface area contributed by atoms with Crippen molar-refractivity contribution in [3.05, 3.63) is 34.7 Å². The van der Waals surface area contributed by atoms with Crippen LogP contribution in [0.1, 0.15) is 0 Å². The molecule has 0 aliphatic carbocycles. The normalized spacial score (nSPS) is 8.40. The summed E-state index contributed by atoms with van der Waals surface area (Å²) in [4.78, 5) is 2.49. The van der Waals surface area contributed by atoms with E-state index >= 15 is 0 Å². The van der Waals surface area contributed by atoms with Crippen molar-refractivity contribution in [1.29, 1.82) is 0 Å². The summed E-state index contributed by atoms with van der Waals surface area (Å²) in [5.74, 6) is -0.250. The Bertz CT molecular complexity index is 278. The maximum Gasteiger partial charge on any atom is 0.188 e.